The van der Waals surface area contributed by atoms with Gasteiger partial charge in [-0.15, -0.1) is 0 Å². The van der Waals surface area contributed by atoms with Crippen LogP contribution in [-0.4, -0.2) is 54.5 Å². The van der Waals surface area contributed by atoms with Crippen molar-refractivity contribution in [2.75, 3.05) is 32.7 Å². The van der Waals surface area contributed by atoms with Crippen molar-refractivity contribution in [2.24, 2.45) is 0 Å². The van der Waals surface area contributed by atoms with Gasteiger partial charge in [0.2, 0.25) is 5.91 Å². The number of nitrogens with zero attached hydrogens (tertiary/aromatic N) is 2. The van der Waals surface area contributed by atoms with E-state index in [-0.39, 0.29) is 11.9 Å². The fourth-order valence-electron chi connectivity index (χ4n) is 3.65. The average Bonchev–Trinajstić information content (AvgIpc) is 2.69. The van der Waals surface area contributed by atoms with Crippen LogP contribution in [-0.2, 0) is 17.8 Å². The highest BCUT2D eigenvalue weighted by molar-refractivity contribution is 5.76. The number of aryl methyl sites for hydroxylation is 1. The van der Waals surface area contributed by atoms with E-state index in [1.54, 1.807) is 0 Å². The molecule has 2 aromatic rings. The summed E-state index contributed by atoms with van der Waals surface area (Å²) >= 11 is 0. The maximum atomic E-state index is 12.2. The van der Waals surface area contributed by atoms with E-state index in [2.05, 4.69) is 64.5 Å². The second kappa shape index (κ2) is 10.2. The Labute approximate surface area is 163 Å². The Hall–Kier alpha value is -2.17. The van der Waals surface area contributed by atoms with Gasteiger partial charge in [0.15, 0.2) is 0 Å². The molecule has 4 nitrogen and oxygen atoms in total. The zero-order valence-electron chi connectivity index (χ0n) is 16.3. The molecule has 1 amide bonds. The summed E-state index contributed by atoms with van der Waals surface area (Å²) in [6, 6.07) is 21.1. The van der Waals surface area contributed by atoms with Crippen molar-refractivity contribution >= 4 is 5.91 Å². The number of hydrogen-bond acceptors (Lipinski definition) is 3. The Morgan fingerprint density at radius 2 is 1.44 bits per heavy atom. The lowest BCUT2D eigenvalue weighted by Crippen LogP contribution is -2.50. The highest BCUT2D eigenvalue weighted by Crippen LogP contribution is 2.09. The SMILES string of the molecule is C[C@@H](CN1CCN(Cc2ccccc2)CC1)NC(=O)CCc1ccccc1. The summed E-state index contributed by atoms with van der Waals surface area (Å²) in [5.74, 6) is 0.147. The number of carbonyl (C=O) groups is 1. The van der Waals surface area contributed by atoms with E-state index in [0.717, 1.165) is 45.7 Å². The van der Waals surface area contributed by atoms with Crippen molar-refractivity contribution in [1.82, 2.24) is 15.1 Å². The van der Waals surface area contributed by atoms with E-state index in [0.29, 0.717) is 6.42 Å². The molecule has 0 spiro atoms. The van der Waals surface area contributed by atoms with Crippen LogP contribution in [0, 0.1) is 0 Å². The van der Waals surface area contributed by atoms with E-state index in [1.165, 1.54) is 11.1 Å². The quantitative estimate of drug-likeness (QED) is 0.781. The average molecular weight is 366 g/mol. The van der Waals surface area contributed by atoms with Crippen molar-refractivity contribution in [2.45, 2.75) is 32.4 Å². The van der Waals surface area contributed by atoms with Gasteiger partial charge < -0.3 is 5.32 Å². The molecular weight excluding hydrogens is 334 g/mol. The van der Waals surface area contributed by atoms with Crippen LogP contribution in [0.3, 0.4) is 0 Å². The molecule has 0 saturated carbocycles. The predicted molar refractivity (Wildman–Crippen MR) is 111 cm³/mol. The third kappa shape index (κ3) is 6.81. The van der Waals surface area contributed by atoms with Gasteiger partial charge in [-0.3, -0.25) is 14.6 Å². The highest BCUT2D eigenvalue weighted by Gasteiger charge is 2.19. The number of amides is 1. The largest absolute Gasteiger partial charge is 0.352 e. The minimum atomic E-state index is 0.147. The molecule has 27 heavy (non-hydrogen) atoms. The Morgan fingerprint density at radius 3 is 2.07 bits per heavy atom. The van der Waals surface area contributed by atoms with Crippen LogP contribution in [0.1, 0.15) is 24.5 Å². The van der Waals surface area contributed by atoms with Crippen molar-refractivity contribution in [1.29, 1.82) is 0 Å². The van der Waals surface area contributed by atoms with E-state index in [1.807, 2.05) is 18.2 Å². The standard InChI is InChI=1S/C23H31N3O/c1-20(24-23(27)13-12-21-8-4-2-5-9-21)18-25-14-16-26(17-15-25)19-22-10-6-3-7-11-22/h2-11,20H,12-19H2,1H3,(H,24,27)/t20-/m0/s1. The van der Waals surface area contributed by atoms with Crippen molar-refractivity contribution < 1.29 is 4.79 Å². The van der Waals surface area contributed by atoms with Gasteiger partial charge in [-0.2, -0.15) is 0 Å². The summed E-state index contributed by atoms with van der Waals surface area (Å²) in [7, 11) is 0. The van der Waals surface area contributed by atoms with Crippen LogP contribution in [0.15, 0.2) is 60.7 Å². The molecule has 2 aromatic carbocycles. The first-order valence-electron chi connectivity index (χ1n) is 10.0. The number of carbonyl (C=O) groups excluding carboxylic acids is 1. The maximum absolute atomic E-state index is 12.2. The summed E-state index contributed by atoms with van der Waals surface area (Å²) < 4.78 is 0. The second-order valence-corrected chi connectivity index (χ2v) is 7.52. The molecule has 1 atom stereocenters. The molecule has 0 radical (unpaired) electrons. The molecule has 144 valence electrons. The Morgan fingerprint density at radius 1 is 0.889 bits per heavy atom. The molecule has 1 saturated heterocycles. The third-order valence-corrected chi connectivity index (χ3v) is 5.14. The van der Waals surface area contributed by atoms with E-state index >= 15 is 0 Å². The number of benzene rings is 2. The predicted octanol–water partition coefficient (Wildman–Crippen LogP) is 2.94. The molecule has 0 aliphatic carbocycles. The fourth-order valence-corrected chi connectivity index (χ4v) is 3.65. The van der Waals surface area contributed by atoms with Gasteiger partial charge in [-0.1, -0.05) is 60.7 Å². The lowest BCUT2D eigenvalue weighted by Gasteiger charge is -2.36. The summed E-state index contributed by atoms with van der Waals surface area (Å²) in [6.07, 6.45) is 1.36. The van der Waals surface area contributed by atoms with Crippen LogP contribution in [0.25, 0.3) is 0 Å². The first kappa shape index (κ1) is 19.6. The van der Waals surface area contributed by atoms with E-state index in [4.69, 9.17) is 0 Å². The highest BCUT2D eigenvalue weighted by atomic mass is 16.1. The van der Waals surface area contributed by atoms with E-state index in [9.17, 15) is 4.79 Å². The molecule has 0 unspecified atom stereocenters. The maximum Gasteiger partial charge on any atom is 0.220 e. The monoisotopic (exact) mass is 365 g/mol. The molecule has 1 N–H and O–H groups in total. The molecule has 1 aliphatic heterocycles. The van der Waals surface area contributed by atoms with Gasteiger partial charge in [0.05, 0.1) is 0 Å². The van der Waals surface area contributed by atoms with Crippen molar-refractivity contribution in [3.8, 4) is 0 Å². The van der Waals surface area contributed by atoms with E-state index < -0.39 is 0 Å². The lowest BCUT2D eigenvalue weighted by molar-refractivity contribution is -0.121. The number of hydrogen-bond donors (Lipinski definition) is 1. The minimum absolute atomic E-state index is 0.147. The third-order valence-electron chi connectivity index (χ3n) is 5.14. The molecule has 1 aliphatic rings. The molecule has 3 rings (SSSR count). The number of nitrogens with one attached hydrogen (secondary N) is 1. The zero-order valence-corrected chi connectivity index (χ0v) is 16.3. The lowest BCUT2D eigenvalue weighted by atomic mass is 10.1. The Balaban J connectivity index is 1.33. The number of piperazine rings is 1. The summed E-state index contributed by atoms with van der Waals surface area (Å²) in [5.41, 5.74) is 2.60. The Bertz CT molecular complexity index is 681. The summed E-state index contributed by atoms with van der Waals surface area (Å²) in [4.78, 5) is 17.2. The summed E-state index contributed by atoms with van der Waals surface area (Å²) in [5, 5.41) is 3.15. The zero-order chi connectivity index (χ0) is 18.9. The van der Waals surface area contributed by atoms with Crippen molar-refractivity contribution in [3.05, 3.63) is 71.8 Å². The van der Waals surface area contributed by atoms with Gasteiger partial charge in [-0.05, 0) is 24.5 Å². The topological polar surface area (TPSA) is 35.6 Å². The molecule has 1 fully saturated rings. The Kier molecular flexibility index (Phi) is 7.43. The van der Waals surface area contributed by atoms with Gasteiger partial charge in [0.25, 0.3) is 0 Å². The number of rotatable bonds is 8. The first-order chi connectivity index (χ1) is 13.2. The van der Waals surface area contributed by atoms with Gasteiger partial charge in [-0.25, -0.2) is 0 Å². The van der Waals surface area contributed by atoms with Crippen LogP contribution >= 0.6 is 0 Å². The summed E-state index contributed by atoms with van der Waals surface area (Å²) in [6.45, 7) is 8.37. The normalized spacial score (nSPS) is 16.8. The molecule has 1 heterocycles. The van der Waals surface area contributed by atoms with Gasteiger partial charge >= 0.3 is 0 Å². The fraction of sp³-hybridized carbons (Fsp3) is 0.435. The minimum Gasteiger partial charge on any atom is -0.352 e. The van der Waals surface area contributed by atoms with Gasteiger partial charge in [0, 0.05) is 51.7 Å². The van der Waals surface area contributed by atoms with Crippen molar-refractivity contribution in [3.63, 3.8) is 0 Å². The molecule has 4 heteroatoms. The van der Waals surface area contributed by atoms with Crippen LogP contribution < -0.4 is 5.32 Å². The molecule has 0 aromatic heterocycles. The van der Waals surface area contributed by atoms with Crippen LogP contribution in [0.5, 0.6) is 0 Å². The van der Waals surface area contributed by atoms with Gasteiger partial charge in [0.1, 0.15) is 0 Å². The molecule has 0 bridgehead atoms. The van der Waals surface area contributed by atoms with Crippen LogP contribution in [0.2, 0.25) is 0 Å². The smallest absolute Gasteiger partial charge is 0.220 e. The van der Waals surface area contributed by atoms with Crippen LogP contribution in [0.4, 0.5) is 0 Å². The second-order valence-electron chi connectivity index (χ2n) is 7.52. The molecular formula is C23H31N3O. The first-order valence-corrected chi connectivity index (χ1v) is 10.0.